The van der Waals surface area contributed by atoms with E-state index in [1.165, 1.54) is 11.3 Å². The van der Waals surface area contributed by atoms with Gasteiger partial charge in [0.05, 0.1) is 7.06 Å². The summed E-state index contributed by atoms with van der Waals surface area (Å²) in [4.78, 5) is 4.22. The highest BCUT2D eigenvalue weighted by Gasteiger charge is 2.41. The van der Waals surface area contributed by atoms with Crippen LogP contribution < -0.4 is 0 Å². The first-order chi connectivity index (χ1) is 16.9. The number of aromatic nitrogens is 1. The molecule has 2 heterocycles. The van der Waals surface area contributed by atoms with Crippen LogP contribution in [0.15, 0.2) is 79.0 Å². The van der Waals surface area contributed by atoms with Crippen LogP contribution in [-0.4, -0.2) is 11.2 Å². The van der Waals surface area contributed by atoms with Gasteiger partial charge in [0.1, 0.15) is 0 Å². The fraction of sp³-hybridized carbons (Fsp3) is 0.179. The van der Waals surface area contributed by atoms with Crippen molar-refractivity contribution in [3.8, 4) is 22.4 Å². The lowest BCUT2D eigenvalue weighted by molar-refractivity contribution is -0.182. The van der Waals surface area contributed by atoms with Crippen molar-refractivity contribution in [3.63, 3.8) is 0 Å². The molecule has 172 valence electrons. The molecule has 1 nitrogen and oxygen atoms in total. The highest BCUT2D eigenvalue weighted by atomic mass is 32.1. The Morgan fingerprint density at radius 3 is 2.35 bits per heavy atom. The predicted molar refractivity (Wildman–Crippen MR) is 132 cm³/mol. The summed E-state index contributed by atoms with van der Waals surface area (Å²) in [6, 6.07) is 21.2. The van der Waals surface area contributed by atoms with Crippen LogP contribution in [0.4, 0.5) is 17.6 Å². The quantitative estimate of drug-likeness (QED) is 0.233. The summed E-state index contributed by atoms with van der Waals surface area (Å²) in [6.07, 6.45) is -8.52. The molecular formula is C28H21F4NS. The maximum absolute atomic E-state index is 14.4. The molecular weight excluding hydrogens is 458 g/mol. The summed E-state index contributed by atoms with van der Waals surface area (Å²) < 4.78 is 71.6. The number of hydrogen-bond acceptors (Lipinski definition) is 2. The predicted octanol–water partition coefficient (Wildman–Crippen LogP) is 9.48. The van der Waals surface area contributed by atoms with Crippen molar-refractivity contribution in [1.82, 2.24) is 4.98 Å². The molecule has 0 radical (unpaired) electrons. The van der Waals surface area contributed by atoms with E-state index in [1.807, 2.05) is 62.4 Å². The average molecular weight is 482 g/mol. The minimum atomic E-state index is -5.38. The number of alkyl halides is 4. The van der Waals surface area contributed by atoms with Crippen molar-refractivity contribution < 1.29 is 20.3 Å². The number of hydrogen-bond donors (Lipinski definition) is 0. The van der Waals surface area contributed by atoms with E-state index in [9.17, 15) is 17.6 Å². The Hall–Kier alpha value is -3.25. The van der Waals surface area contributed by atoms with Gasteiger partial charge in [-0.05, 0) is 46.3 Å². The molecule has 5 aromatic rings. The summed E-state index contributed by atoms with van der Waals surface area (Å²) in [7, 11) is 0. The Bertz CT molecular complexity index is 1590. The van der Waals surface area contributed by atoms with Gasteiger partial charge >= 0.3 is 6.18 Å². The molecule has 2 aromatic heterocycles. The second-order valence-electron chi connectivity index (χ2n) is 8.29. The molecule has 0 aliphatic heterocycles. The first-order valence-corrected chi connectivity index (χ1v) is 11.5. The Balaban J connectivity index is 1.79. The van der Waals surface area contributed by atoms with Gasteiger partial charge in [0.15, 0.2) is 0 Å². The van der Waals surface area contributed by atoms with Gasteiger partial charge in [0, 0.05) is 33.3 Å². The van der Waals surface area contributed by atoms with Crippen molar-refractivity contribution in [3.05, 3.63) is 90.1 Å². The zero-order chi connectivity index (χ0) is 25.9. The first-order valence-electron chi connectivity index (χ1n) is 11.7. The van der Waals surface area contributed by atoms with Crippen molar-refractivity contribution in [1.29, 1.82) is 0 Å². The third-order valence-electron chi connectivity index (χ3n) is 5.80. The maximum Gasteiger partial charge on any atom is 0.423 e. The second-order valence-corrected chi connectivity index (χ2v) is 9.34. The Morgan fingerprint density at radius 1 is 0.882 bits per heavy atom. The van der Waals surface area contributed by atoms with Gasteiger partial charge in [-0.15, -0.1) is 11.3 Å². The van der Waals surface area contributed by atoms with Crippen molar-refractivity contribution >= 4 is 31.5 Å². The first kappa shape index (κ1) is 20.2. The average Bonchev–Trinajstić information content (AvgIpc) is 3.21. The lowest BCUT2D eigenvalue weighted by Gasteiger charge is -2.13. The lowest BCUT2D eigenvalue weighted by Crippen LogP contribution is -2.16. The van der Waals surface area contributed by atoms with Crippen LogP contribution in [0.1, 0.15) is 39.8 Å². The maximum atomic E-state index is 14.4. The number of benzene rings is 3. The summed E-state index contributed by atoms with van der Waals surface area (Å²) in [5, 5.41) is 1.86. The summed E-state index contributed by atoms with van der Waals surface area (Å²) in [5.41, 5.74) is 2.68. The van der Waals surface area contributed by atoms with Gasteiger partial charge < -0.3 is 0 Å². The zero-order valence-corrected chi connectivity index (χ0v) is 19.2. The van der Waals surface area contributed by atoms with Gasteiger partial charge in [0.25, 0.3) is 0 Å². The molecule has 0 aliphatic carbocycles. The molecule has 0 bridgehead atoms. The monoisotopic (exact) mass is 481 g/mol. The van der Waals surface area contributed by atoms with E-state index < -0.39 is 23.8 Å². The van der Waals surface area contributed by atoms with Gasteiger partial charge in [-0.25, -0.2) is 4.39 Å². The topological polar surface area (TPSA) is 12.9 Å². The van der Waals surface area contributed by atoms with E-state index in [1.54, 1.807) is 12.1 Å². The lowest BCUT2D eigenvalue weighted by atomic mass is 9.93. The number of pyridine rings is 1. The van der Waals surface area contributed by atoms with E-state index in [-0.39, 0.29) is 5.69 Å². The summed E-state index contributed by atoms with van der Waals surface area (Å²) >= 11 is 1.45. The number of halogens is 4. The highest BCUT2D eigenvalue weighted by Crippen LogP contribution is 2.45. The zero-order valence-electron chi connectivity index (χ0n) is 20.4. The minimum absolute atomic E-state index is 0.158. The van der Waals surface area contributed by atoms with E-state index >= 15 is 0 Å². The molecule has 0 aliphatic rings. The van der Waals surface area contributed by atoms with Crippen LogP contribution >= 0.6 is 11.3 Å². The largest absolute Gasteiger partial charge is 0.423 e. The molecule has 0 spiro atoms. The molecule has 1 unspecified atom stereocenters. The smallest absolute Gasteiger partial charge is 0.256 e. The van der Waals surface area contributed by atoms with Gasteiger partial charge in [-0.3, -0.25) is 4.98 Å². The number of fused-ring (bicyclic) bond motifs is 3. The number of thiophene rings is 1. The molecule has 6 heteroatoms. The molecule has 0 N–H and O–H groups in total. The van der Waals surface area contributed by atoms with Crippen molar-refractivity contribution in [2.45, 2.75) is 32.1 Å². The fourth-order valence-electron chi connectivity index (χ4n) is 4.14. The SMILES string of the molecule is [2H]C(C)(C)c1cc(-c2ccccc2)c2c(c1)sc1c(-c3cc(C([2H])(F)C(F)(F)F)ccn3)cccc12. The Morgan fingerprint density at radius 2 is 1.65 bits per heavy atom. The third-order valence-corrected chi connectivity index (χ3v) is 6.98. The van der Waals surface area contributed by atoms with E-state index in [2.05, 4.69) is 4.98 Å². The molecule has 5 rings (SSSR count). The van der Waals surface area contributed by atoms with Crippen LogP contribution in [0.3, 0.4) is 0 Å². The second kappa shape index (κ2) is 8.51. The summed E-state index contributed by atoms with van der Waals surface area (Å²) in [6.45, 7) is 3.64. The molecule has 3 aromatic carbocycles. The molecule has 0 amide bonds. The standard InChI is InChI=1S/C28H21F4NS/c1-16(2)19-13-22(17-7-4-3-5-8-17)25-21-10-6-9-20(26(21)34-24(25)15-19)23-14-18(11-12-33-23)27(29)28(30,31)32/h3-16,27H,1-2H3/i16D,27D. The van der Waals surface area contributed by atoms with E-state index in [4.69, 9.17) is 2.74 Å². The van der Waals surface area contributed by atoms with E-state index in [0.29, 0.717) is 5.56 Å². The van der Waals surface area contributed by atoms with Crippen LogP contribution in [-0.2, 0) is 0 Å². The fourth-order valence-corrected chi connectivity index (χ4v) is 5.43. The van der Waals surface area contributed by atoms with Gasteiger partial charge in [-0.2, -0.15) is 13.2 Å². The molecule has 0 saturated heterocycles. The van der Waals surface area contributed by atoms with Crippen molar-refractivity contribution in [2.75, 3.05) is 0 Å². The highest BCUT2D eigenvalue weighted by molar-refractivity contribution is 7.26. The molecule has 34 heavy (non-hydrogen) atoms. The van der Waals surface area contributed by atoms with Crippen molar-refractivity contribution in [2.24, 2.45) is 0 Å². The number of rotatable bonds is 4. The van der Waals surface area contributed by atoms with Gasteiger partial charge in [-0.1, -0.05) is 68.4 Å². The van der Waals surface area contributed by atoms with E-state index in [0.717, 1.165) is 55.2 Å². The molecule has 0 saturated carbocycles. The molecule has 0 fully saturated rings. The van der Waals surface area contributed by atoms with Crippen LogP contribution in [0.25, 0.3) is 42.6 Å². The van der Waals surface area contributed by atoms with Gasteiger partial charge in [0.2, 0.25) is 6.15 Å². The summed E-state index contributed by atoms with van der Waals surface area (Å²) in [5.74, 6) is -0.844. The normalized spacial score (nSPS) is 15.2. The number of nitrogens with zero attached hydrogens (tertiary/aromatic N) is 1. The molecule has 1 atom stereocenters. The van der Waals surface area contributed by atoms with Crippen LogP contribution in [0, 0.1) is 0 Å². The van der Waals surface area contributed by atoms with Crippen LogP contribution in [0.2, 0.25) is 0 Å². The third kappa shape index (κ3) is 3.96. The van der Waals surface area contributed by atoms with Crippen LogP contribution in [0.5, 0.6) is 0 Å². The Kier molecular flexibility index (Phi) is 5.04. The minimum Gasteiger partial charge on any atom is -0.256 e. The Labute approximate surface area is 201 Å².